The predicted octanol–water partition coefficient (Wildman–Crippen LogP) is 4.40. The van der Waals surface area contributed by atoms with Crippen LogP contribution >= 0.6 is 0 Å². The summed E-state index contributed by atoms with van der Waals surface area (Å²) >= 11 is 0. The first-order valence-corrected chi connectivity index (χ1v) is 15.6. The molecule has 3 aliphatic heterocycles. The van der Waals surface area contributed by atoms with Crippen LogP contribution in [-0.4, -0.2) is 106 Å². The normalized spacial score (nSPS) is 23.8. The van der Waals surface area contributed by atoms with Gasteiger partial charge in [0.05, 0.1) is 6.61 Å². The number of aliphatic hydroxyl groups is 2. The zero-order valence-electron chi connectivity index (χ0n) is 26.6. The average molecular weight is 607 g/mol. The van der Waals surface area contributed by atoms with Gasteiger partial charge in [0.2, 0.25) is 5.91 Å². The average Bonchev–Trinajstić information content (AvgIpc) is 3.13. The Morgan fingerprint density at radius 2 is 1.81 bits per heavy atom. The molecular weight excluding hydrogens is 555 g/mol. The van der Waals surface area contributed by atoms with E-state index >= 15 is 0 Å². The fourth-order valence-corrected chi connectivity index (χ4v) is 5.60. The second kappa shape index (κ2) is 17.9. The first-order chi connectivity index (χ1) is 20.7. The molecule has 10 nitrogen and oxygen atoms in total. The molecule has 4 rings (SSSR count). The maximum Gasteiger partial charge on any atom is 0.294 e. The molecule has 4 aliphatic rings. The molecular formula is C32H51FN4O6. The Kier molecular flexibility index (Phi) is 15.1. The fourth-order valence-electron chi connectivity index (χ4n) is 5.60. The number of rotatable bonds is 6. The smallest absolute Gasteiger partial charge is 0.294 e. The molecule has 2 saturated heterocycles. The number of allylic oxidation sites excluding steroid dienone is 3. The van der Waals surface area contributed by atoms with Crippen molar-refractivity contribution in [2.45, 2.75) is 85.2 Å². The number of halogens is 1. The van der Waals surface area contributed by atoms with Crippen LogP contribution in [0, 0.1) is 0 Å². The third-order valence-electron chi connectivity index (χ3n) is 8.11. The van der Waals surface area contributed by atoms with Gasteiger partial charge in [0.15, 0.2) is 5.76 Å². The lowest BCUT2D eigenvalue weighted by Crippen LogP contribution is -2.60. The number of hydrogen-bond acceptors (Lipinski definition) is 7. The SMILES string of the molecule is C/C=C(F)\C(=C/CCN1C/C=C(\O)C(=O)N2/C(=C/CC1)C(=O)N(CO)C21CCC1)CC.CC.CC(=O)N1CCCOCC1. The molecule has 1 saturated carbocycles. The zero-order valence-corrected chi connectivity index (χ0v) is 26.6. The second-order valence-corrected chi connectivity index (χ2v) is 10.6. The van der Waals surface area contributed by atoms with Crippen LogP contribution in [0.5, 0.6) is 0 Å². The van der Waals surface area contributed by atoms with Crippen LogP contribution < -0.4 is 0 Å². The molecule has 0 aromatic rings. The molecule has 0 aromatic heterocycles. The van der Waals surface area contributed by atoms with Crippen molar-refractivity contribution in [1.29, 1.82) is 0 Å². The molecule has 0 radical (unpaired) electrons. The summed E-state index contributed by atoms with van der Waals surface area (Å²) in [7, 11) is 0. The highest BCUT2D eigenvalue weighted by molar-refractivity contribution is 6.05. The summed E-state index contributed by atoms with van der Waals surface area (Å²) in [5, 5.41) is 20.2. The number of carbonyl (C=O) groups excluding carboxylic acids is 3. The topological polar surface area (TPSA) is 114 Å². The van der Waals surface area contributed by atoms with Crippen LogP contribution in [0.4, 0.5) is 4.39 Å². The Hall–Kier alpha value is -3.02. The van der Waals surface area contributed by atoms with E-state index in [1.807, 2.05) is 31.7 Å². The van der Waals surface area contributed by atoms with E-state index in [4.69, 9.17) is 4.74 Å². The number of ether oxygens (including phenoxy) is 1. The maximum atomic E-state index is 13.8. The molecule has 0 atom stereocenters. The summed E-state index contributed by atoms with van der Waals surface area (Å²) < 4.78 is 19.0. The highest BCUT2D eigenvalue weighted by Gasteiger charge is 2.59. The first kappa shape index (κ1) is 36.2. The van der Waals surface area contributed by atoms with Crippen molar-refractivity contribution in [3.63, 3.8) is 0 Å². The number of hydrogen-bond donors (Lipinski definition) is 2. The highest BCUT2D eigenvalue weighted by Crippen LogP contribution is 2.48. The molecule has 0 bridgehead atoms. The lowest BCUT2D eigenvalue weighted by molar-refractivity contribution is -0.152. The van der Waals surface area contributed by atoms with Gasteiger partial charge in [0.25, 0.3) is 11.8 Å². The van der Waals surface area contributed by atoms with E-state index in [1.54, 1.807) is 19.9 Å². The van der Waals surface area contributed by atoms with E-state index in [1.165, 1.54) is 22.0 Å². The van der Waals surface area contributed by atoms with E-state index in [0.717, 1.165) is 32.5 Å². The van der Waals surface area contributed by atoms with Crippen LogP contribution in [0.3, 0.4) is 0 Å². The molecule has 3 heterocycles. The van der Waals surface area contributed by atoms with E-state index < -0.39 is 24.1 Å². The summed E-state index contributed by atoms with van der Waals surface area (Å²) in [5.41, 5.74) is 0.0263. The van der Waals surface area contributed by atoms with Gasteiger partial charge in [-0.1, -0.05) is 39.0 Å². The lowest BCUT2D eigenvalue weighted by atomic mass is 9.83. The van der Waals surface area contributed by atoms with Gasteiger partial charge in [-0.15, -0.1) is 0 Å². The third-order valence-corrected chi connectivity index (χ3v) is 8.11. The van der Waals surface area contributed by atoms with Gasteiger partial charge in [-0.25, -0.2) is 4.39 Å². The summed E-state index contributed by atoms with van der Waals surface area (Å²) in [4.78, 5) is 43.3. The summed E-state index contributed by atoms with van der Waals surface area (Å²) in [6, 6.07) is 0. The van der Waals surface area contributed by atoms with Crippen LogP contribution in [0.15, 0.2) is 47.2 Å². The van der Waals surface area contributed by atoms with Crippen molar-refractivity contribution in [1.82, 2.24) is 19.6 Å². The minimum Gasteiger partial charge on any atom is -0.503 e. The van der Waals surface area contributed by atoms with Gasteiger partial charge >= 0.3 is 0 Å². The first-order valence-electron chi connectivity index (χ1n) is 15.6. The lowest BCUT2D eigenvalue weighted by Gasteiger charge is -2.48. The van der Waals surface area contributed by atoms with Crippen LogP contribution in [-0.2, 0) is 19.1 Å². The molecule has 11 heteroatoms. The fraction of sp³-hybridized carbons (Fsp3) is 0.656. The summed E-state index contributed by atoms with van der Waals surface area (Å²) in [5.74, 6) is -1.45. The Balaban J connectivity index is 0.000000451. The Bertz CT molecular complexity index is 1070. The molecule has 3 amide bonds. The molecule has 0 unspecified atom stereocenters. The van der Waals surface area contributed by atoms with E-state index in [2.05, 4.69) is 4.90 Å². The number of nitrogens with zero attached hydrogens (tertiary/aromatic N) is 4. The second-order valence-electron chi connectivity index (χ2n) is 10.6. The van der Waals surface area contributed by atoms with Crippen molar-refractivity contribution in [3.05, 3.63) is 47.2 Å². The number of fused-ring (bicyclic) bond motifs is 2. The molecule has 43 heavy (non-hydrogen) atoms. The molecule has 242 valence electrons. The van der Waals surface area contributed by atoms with Crippen molar-refractivity contribution >= 4 is 17.7 Å². The standard InChI is InChI=1S/C23H32FN3O4.C7H13NO2.C2H6/c1-3-17(18(24)4-2)8-5-13-25-14-6-9-19-21(30)26(16-28)23(11-7-12-23)27(19)22(31)20(29)10-15-25;1-7(9)8-3-2-5-10-6-4-8;1-2/h4,8-10,28-29H,3,5-7,11-16H2,1-2H3;2-6H2,1H3;1-2H3/b17-8-,18-4+,19-9+,20-10-;;. The largest absolute Gasteiger partial charge is 0.503 e. The highest BCUT2D eigenvalue weighted by atomic mass is 19.1. The quantitative estimate of drug-likeness (QED) is 0.431. The summed E-state index contributed by atoms with van der Waals surface area (Å²) in [6.45, 7) is 13.4. The van der Waals surface area contributed by atoms with Crippen LogP contribution in [0.1, 0.15) is 79.6 Å². The molecule has 2 N–H and O–H groups in total. The molecule has 0 aromatic carbocycles. The van der Waals surface area contributed by atoms with Crippen molar-refractivity contribution < 1.29 is 33.7 Å². The Morgan fingerprint density at radius 1 is 1.09 bits per heavy atom. The Labute approximate surface area is 256 Å². The number of carbonyl (C=O) groups is 3. The van der Waals surface area contributed by atoms with Crippen molar-refractivity contribution in [3.8, 4) is 0 Å². The van der Waals surface area contributed by atoms with Gasteiger partial charge in [-0.05, 0) is 63.5 Å². The van der Waals surface area contributed by atoms with Gasteiger partial charge < -0.3 is 19.8 Å². The predicted molar refractivity (Wildman–Crippen MR) is 164 cm³/mol. The summed E-state index contributed by atoms with van der Waals surface area (Å²) in [6.07, 6.45) is 11.3. The van der Waals surface area contributed by atoms with E-state index in [-0.39, 0.29) is 23.3 Å². The van der Waals surface area contributed by atoms with Crippen LogP contribution in [0.2, 0.25) is 0 Å². The number of aliphatic hydroxyl groups excluding tert-OH is 2. The minimum absolute atomic E-state index is 0.158. The van der Waals surface area contributed by atoms with Crippen LogP contribution in [0.25, 0.3) is 0 Å². The number of amides is 3. The van der Waals surface area contributed by atoms with Gasteiger partial charge in [0.1, 0.15) is 23.9 Å². The minimum atomic E-state index is -0.867. The van der Waals surface area contributed by atoms with Crippen molar-refractivity contribution in [2.75, 3.05) is 52.7 Å². The van der Waals surface area contributed by atoms with Crippen molar-refractivity contribution in [2.24, 2.45) is 0 Å². The monoisotopic (exact) mass is 606 g/mol. The third kappa shape index (κ3) is 9.00. The van der Waals surface area contributed by atoms with E-state index in [9.17, 15) is 29.0 Å². The van der Waals surface area contributed by atoms with E-state index in [0.29, 0.717) is 63.9 Å². The molecule has 1 aliphatic carbocycles. The zero-order chi connectivity index (χ0) is 32.0. The Morgan fingerprint density at radius 3 is 2.40 bits per heavy atom. The van der Waals surface area contributed by atoms with Gasteiger partial charge in [-0.2, -0.15) is 0 Å². The van der Waals surface area contributed by atoms with Gasteiger partial charge in [-0.3, -0.25) is 29.1 Å². The van der Waals surface area contributed by atoms with Gasteiger partial charge in [0, 0.05) is 46.3 Å². The molecule has 1 spiro atoms. The maximum absolute atomic E-state index is 13.8. The molecule has 3 fully saturated rings.